The van der Waals surface area contributed by atoms with Crippen molar-refractivity contribution in [3.63, 3.8) is 0 Å². The summed E-state index contributed by atoms with van der Waals surface area (Å²) in [6, 6.07) is 10.2. The summed E-state index contributed by atoms with van der Waals surface area (Å²) in [6.45, 7) is 1.06. The van der Waals surface area contributed by atoms with Crippen molar-refractivity contribution in [3.05, 3.63) is 54.0 Å². The first kappa shape index (κ1) is 17.0. The van der Waals surface area contributed by atoms with Crippen molar-refractivity contribution in [1.82, 2.24) is 10.2 Å². The second kappa shape index (κ2) is 7.85. The minimum Gasteiger partial charge on any atom is -0.459 e. The van der Waals surface area contributed by atoms with Crippen LogP contribution in [0.4, 0.5) is 10.5 Å². The Balaban J connectivity index is 1.51. The number of aliphatic hydroxyl groups is 1. The van der Waals surface area contributed by atoms with Gasteiger partial charge in [-0.15, -0.1) is 0 Å². The van der Waals surface area contributed by atoms with Crippen molar-refractivity contribution >= 4 is 17.6 Å². The quantitative estimate of drug-likeness (QED) is 0.776. The first-order valence-electron chi connectivity index (χ1n) is 8.26. The number of aliphatic hydroxyl groups excluding tert-OH is 1. The molecule has 2 heterocycles. The predicted molar refractivity (Wildman–Crippen MR) is 92.2 cm³/mol. The van der Waals surface area contributed by atoms with Gasteiger partial charge in [0.1, 0.15) is 0 Å². The normalized spacial score (nSPS) is 16.7. The van der Waals surface area contributed by atoms with Crippen molar-refractivity contribution in [2.45, 2.75) is 25.4 Å². The van der Waals surface area contributed by atoms with E-state index < -0.39 is 0 Å². The number of anilines is 1. The number of carbonyl (C=O) groups excluding carboxylic acids is 2. The molecule has 0 saturated carbocycles. The number of urea groups is 1. The van der Waals surface area contributed by atoms with Crippen LogP contribution in [0.15, 0.2) is 47.1 Å². The van der Waals surface area contributed by atoms with E-state index in [9.17, 15) is 14.7 Å². The molecule has 7 heteroatoms. The van der Waals surface area contributed by atoms with E-state index in [-0.39, 0.29) is 30.3 Å². The summed E-state index contributed by atoms with van der Waals surface area (Å²) in [5.74, 6) is -0.0597. The van der Waals surface area contributed by atoms with Crippen molar-refractivity contribution in [2.75, 3.05) is 18.5 Å². The van der Waals surface area contributed by atoms with Crippen LogP contribution in [-0.2, 0) is 6.54 Å². The first-order chi connectivity index (χ1) is 12.2. The number of rotatable bonds is 5. The number of nitrogens with zero attached hydrogens (tertiary/aromatic N) is 1. The summed E-state index contributed by atoms with van der Waals surface area (Å²) in [6.07, 6.45) is 3.21. The third-order valence-corrected chi connectivity index (χ3v) is 4.25. The van der Waals surface area contributed by atoms with Crippen LogP contribution in [0.1, 0.15) is 29.0 Å². The minimum atomic E-state index is -0.310. The van der Waals surface area contributed by atoms with Gasteiger partial charge in [-0.1, -0.05) is 12.1 Å². The molecule has 3 N–H and O–H groups in total. The summed E-state index contributed by atoms with van der Waals surface area (Å²) >= 11 is 0. The maximum absolute atomic E-state index is 12.2. The number of amides is 3. The largest absolute Gasteiger partial charge is 0.459 e. The van der Waals surface area contributed by atoms with Crippen molar-refractivity contribution in [1.29, 1.82) is 0 Å². The van der Waals surface area contributed by atoms with E-state index in [4.69, 9.17) is 4.42 Å². The maximum Gasteiger partial charge on any atom is 0.317 e. The van der Waals surface area contributed by atoms with E-state index in [1.165, 1.54) is 6.26 Å². The molecule has 1 aliphatic rings. The SMILES string of the molecule is O=C(Nc1ccc(CNC(=O)N2CCC[C@@H]2CO)cc1)c1ccco1. The molecule has 1 aromatic heterocycles. The van der Waals surface area contributed by atoms with Crippen LogP contribution in [-0.4, -0.2) is 41.1 Å². The monoisotopic (exact) mass is 343 g/mol. The zero-order chi connectivity index (χ0) is 17.6. The van der Waals surface area contributed by atoms with Crippen LogP contribution < -0.4 is 10.6 Å². The number of benzene rings is 1. The van der Waals surface area contributed by atoms with Gasteiger partial charge in [-0.3, -0.25) is 4.79 Å². The second-order valence-corrected chi connectivity index (χ2v) is 5.96. The van der Waals surface area contributed by atoms with E-state index in [1.807, 2.05) is 12.1 Å². The average molecular weight is 343 g/mol. The van der Waals surface area contributed by atoms with E-state index in [1.54, 1.807) is 29.2 Å². The molecule has 1 fully saturated rings. The number of nitrogens with one attached hydrogen (secondary N) is 2. The molecular formula is C18H21N3O4. The number of furan rings is 1. The lowest BCUT2D eigenvalue weighted by molar-refractivity contribution is 0.0996. The molecule has 3 amide bonds. The highest BCUT2D eigenvalue weighted by atomic mass is 16.3. The summed E-state index contributed by atoms with van der Waals surface area (Å²) in [4.78, 5) is 25.7. The van der Waals surface area contributed by atoms with Crippen LogP contribution in [0.3, 0.4) is 0 Å². The fraction of sp³-hybridized carbons (Fsp3) is 0.333. The Kier molecular flexibility index (Phi) is 5.35. The Bertz CT molecular complexity index is 712. The zero-order valence-electron chi connectivity index (χ0n) is 13.8. The Hall–Kier alpha value is -2.80. The van der Waals surface area contributed by atoms with Crippen LogP contribution in [0.2, 0.25) is 0 Å². The van der Waals surface area contributed by atoms with Gasteiger partial charge in [0.2, 0.25) is 0 Å². The summed E-state index contributed by atoms with van der Waals surface area (Å²) < 4.78 is 5.04. The predicted octanol–water partition coefficient (Wildman–Crippen LogP) is 2.20. The van der Waals surface area contributed by atoms with Gasteiger partial charge in [0.05, 0.1) is 18.9 Å². The molecule has 0 bridgehead atoms. The van der Waals surface area contributed by atoms with E-state index in [0.29, 0.717) is 18.8 Å². The van der Waals surface area contributed by atoms with E-state index in [2.05, 4.69) is 10.6 Å². The highest BCUT2D eigenvalue weighted by Crippen LogP contribution is 2.17. The van der Waals surface area contributed by atoms with E-state index in [0.717, 1.165) is 18.4 Å². The van der Waals surface area contributed by atoms with Gasteiger partial charge in [-0.05, 0) is 42.7 Å². The molecule has 132 valence electrons. The molecule has 0 unspecified atom stereocenters. The first-order valence-corrected chi connectivity index (χ1v) is 8.26. The van der Waals surface area contributed by atoms with Gasteiger partial charge < -0.3 is 25.1 Å². The topological polar surface area (TPSA) is 94.8 Å². The van der Waals surface area contributed by atoms with Crippen molar-refractivity contribution < 1.29 is 19.1 Å². The van der Waals surface area contributed by atoms with E-state index >= 15 is 0 Å². The summed E-state index contributed by atoms with van der Waals surface area (Å²) in [7, 11) is 0. The molecular weight excluding hydrogens is 322 g/mol. The molecule has 1 atom stereocenters. The molecule has 25 heavy (non-hydrogen) atoms. The Morgan fingerprint density at radius 3 is 2.72 bits per heavy atom. The third kappa shape index (κ3) is 4.19. The van der Waals surface area contributed by atoms with Crippen LogP contribution in [0.5, 0.6) is 0 Å². The highest BCUT2D eigenvalue weighted by molar-refractivity contribution is 6.02. The lowest BCUT2D eigenvalue weighted by Gasteiger charge is -2.23. The highest BCUT2D eigenvalue weighted by Gasteiger charge is 2.27. The van der Waals surface area contributed by atoms with Crippen LogP contribution in [0.25, 0.3) is 0 Å². The van der Waals surface area contributed by atoms with Gasteiger partial charge in [-0.25, -0.2) is 4.79 Å². The fourth-order valence-corrected chi connectivity index (χ4v) is 2.88. The molecule has 3 rings (SSSR count). The molecule has 1 aromatic carbocycles. The lowest BCUT2D eigenvalue weighted by atomic mass is 10.2. The summed E-state index contributed by atoms with van der Waals surface area (Å²) in [5.41, 5.74) is 1.57. The third-order valence-electron chi connectivity index (χ3n) is 4.25. The molecule has 0 aliphatic carbocycles. The van der Waals surface area contributed by atoms with Crippen molar-refractivity contribution in [3.8, 4) is 0 Å². The Morgan fingerprint density at radius 2 is 2.04 bits per heavy atom. The van der Waals surface area contributed by atoms with Crippen molar-refractivity contribution in [2.24, 2.45) is 0 Å². The van der Waals surface area contributed by atoms with Gasteiger partial charge in [0, 0.05) is 18.8 Å². The summed E-state index contributed by atoms with van der Waals surface area (Å²) in [5, 5.41) is 14.9. The molecule has 7 nitrogen and oxygen atoms in total. The van der Waals surface area contributed by atoms with Crippen LogP contribution >= 0.6 is 0 Å². The standard InChI is InChI=1S/C18H21N3O4/c22-12-15-3-1-9-21(15)18(24)19-11-13-5-7-14(8-6-13)20-17(23)16-4-2-10-25-16/h2,4-8,10,15,22H,1,3,9,11-12H2,(H,19,24)(H,20,23)/t15-/m1/s1. The van der Waals surface area contributed by atoms with Gasteiger partial charge in [0.15, 0.2) is 5.76 Å². The number of hydrogen-bond donors (Lipinski definition) is 3. The molecule has 2 aromatic rings. The second-order valence-electron chi connectivity index (χ2n) is 5.96. The molecule has 0 spiro atoms. The number of hydrogen-bond acceptors (Lipinski definition) is 4. The fourth-order valence-electron chi connectivity index (χ4n) is 2.88. The van der Waals surface area contributed by atoms with Gasteiger partial charge >= 0.3 is 6.03 Å². The van der Waals surface area contributed by atoms with Gasteiger partial charge in [-0.2, -0.15) is 0 Å². The molecule has 1 saturated heterocycles. The number of likely N-dealkylation sites (tertiary alicyclic amines) is 1. The Labute approximate surface area is 145 Å². The lowest BCUT2D eigenvalue weighted by Crippen LogP contribution is -2.43. The molecule has 0 radical (unpaired) electrons. The maximum atomic E-state index is 12.2. The number of carbonyl (C=O) groups is 2. The molecule has 1 aliphatic heterocycles. The van der Waals surface area contributed by atoms with Crippen LogP contribution in [0, 0.1) is 0 Å². The smallest absolute Gasteiger partial charge is 0.317 e. The van der Waals surface area contributed by atoms with Gasteiger partial charge in [0.25, 0.3) is 5.91 Å². The zero-order valence-corrected chi connectivity index (χ0v) is 13.8. The minimum absolute atomic E-state index is 0.00250. The Morgan fingerprint density at radius 1 is 1.24 bits per heavy atom. The average Bonchev–Trinajstić information content (AvgIpc) is 3.32.